The molecule has 0 aromatic carbocycles. The average molecular weight is 224 g/mol. The highest BCUT2D eigenvalue weighted by Crippen LogP contribution is 2.18. The Morgan fingerprint density at radius 2 is 2.20 bits per heavy atom. The Labute approximate surface area is 96.1 Å². The van der Waals surface area contributed by atoms with E-state index in [2.05, 4.69) is 28.1 Å². The van der Waals surface area contributed by atoms with E-state index in [4.69, 9.17) is 0 Å². The van der Waals surface area contributed by atoms with E-state index in [1.54, 1.807) is 0 Å². The van der Waals surface area contributed by atoms with E-state index in [9.17, 15) is 0 Å². The van der Waals surface area contributed by atoms with E-state index >= 15 is 0 Å². The van der Waals surface area contributed by atoms with Gasteiger partial charge in [0.15, 0.2) is 0 Å². The van der Waals surface area contributed by atoms with Crippen molar-refractivity contribution in [2.24, 2.45) is 0 Å². The second-order valence-corrected chi connectivity index (χ2v) is 5.19. The highest BCUT2D eigenvalue weighted by Gasteiger charge is 2.19. The van der Waals surface area contributed by atoms with Crippen LogP contribution in [0, 0.1) is 0 Å². The summed E-state index contributed by atoms with van der Waals surface area (Å²) in [5.74, 6) is 0. The summed E-state index contributed by atoms with van der Waals surface area (Å²) >= 11 is 1.85. The van der Waals surface area contributed by atoms with Gasteiger partial charge in [-0.1, -0.05) is 6.07 Å². The van der Waals surface area contributed by atoms with Crippen molar-refractivity contribution in [3.05, 3.63) is 22.4 Å². The van der Waals surface area contributed by atoms with Gasteiger partial charge in [0.05, 0.1) is 0 Å². The van der Waals surface area contributed by atoms with Gasteiger partial charge < -0.3 is 10.6 Å². The van der Waals surface area contributed by atoms with Crippen LogP contribution in [0.4, 0.5) is 0 Å². The third-order valence-electron chi connectivity index (χ3n) is 2.67. The van der Waals surface area contributed by atoms with Crippen LogP contribution in [-0.4, -0.2) is 25.7 Å². The zero-order chi connectivity index (χ0) is 10.3. The number of nitrogens with one attached hydrogen (secondary N) is 2. The van der Waals surface area contributed by atoms with Crippen LogP contribution in [0.1, 0.15) is 24.1 Å². The summed E-state index contributed by atoms with van der Waals surface area (Å²) in [4.78, 5) is 1.48. The van der Waals surface area contributed by atoms with Gasteiger partial charge >= 0.3 is 0 Å². The molecule has 0 unspecified atom stereocenters. The SMILES string of the molecule is c1csc(CCNCCCNC2CC2)c1. The third kappa shape index (κ3) is 4.78. The molecule has 1 aliphatic rings. The summed E-state index contributed by atoms with van der Waals surface area (Å²) in [5.41, 5.74) is 0. The van der Waals surface area contributed by atoms with Crippen molar-refractivity contribution < 1.29 is 0 Å². The minimum Gasteiger partial charge on any atom is -0.316 e. The second kappa shape index (κ2) is 6.26. The predicted molar refractivity (Wildman–Crippen MR) is 66.5 cm³/mol. The maximum atomic E-state index is 3.52. The lowest BCUT2D eigenvalue weighted by atomic mass is 10.3. The summed E-state index contributed by atoms with van der Waals surface area (Å²) in [5, 5.41) is 9.16. The van der Waals surface area contributed by atoms with Gasteiger partial charge in [-0.2, -0.15) is 0 Å². The van der Waals surface area contributed by atoms with E-state index in [1.807, 2.05) is 11.3 Å². The molecule has 1 heterocycles. The van der Waals surface area contributed by atoms with Crippen LogP contribution < -0.4 is 10.6 Å². The van der Waals surface area contributed by atoms with Gasteiger partial charge in [-0.05, 0) is 56.8 Å². The smallest absolute Gasteiger partial charge is 0.00682 e. The van der Waals surface area contributed by atoms with Crippen LogP contribution in [0.5, 0.6) is 0 Å². The Morgan fingerprint density at radius 3 is 2.93 bits per heavy atom. The summed E-state index contributed by atoms with van der Waals surface area (Å²) < 4.78 is 0. The largest absolute Gasteiger partial charge is 0.316 e. The van der Waals surface area contributed by atoms with E-state index < -0.39 is 0 Å². The molecule has 1 fully saturated rings. The number of hydrogen-bond donors (Lipinski definition) is 2. The molecule has 0 aliphatic heterocycles. The van der Waals surface area contributed by atoms with Gasteiger partial charge in [-0.25, -0.2) is 0 Å². The number of rotatable bonds is 8. The summed E-state index contributed by atoms with van der Waals surface area (Å²) in [7, 11) is 0. The first kappa shape index (κ1) is 11.1. The van der Waals surface area contributed by atoms with Crippen LogP contribution >= 0.6 is 11.3 Å². The van der Waals surface area contributed by atoms with Gasteiger partial charge in [0.2, 0.25) is 0 Å². The Balaban J connectivity index is 1.38. The van der Waals surface area contributed by atoms with Crippen molar-refractivity contribution in [1.29, 1.82) is 0 Å². The molecule has 2 rings (SSSR count). The van der Waals surface area contributed by atoms with E-state index in [0.29, 0.717) is 0 Å². The Morgan fingerprint density at radius 1 is 1.27 bits per heavy atom. The van der Waals surface area contributed by atoms with E-state index in [-0.39, 0.29) is 0 Å². The molecule has 0 atom stereocenters. The lowest BCUT2D eigenvalue weighted by Gasteiger charge is -2.04. The monoisotopic (exact) mass is 224 g/mol. The molecule has 0 amide bonds. The highest BCUT2D eigenvalue weighted by molar-refractivity contribution is 7.09. The van der Waals surface area contributed by atoms with Gasteiger partial charge in [-0.15, -0.1) is 11.3 Å². The number of thiophene rings is 1. The van der Waals surface area contributed by atoms with Gasteiger partial charge in [-0.3, -0.25) is 0 Å². The van der Waals surface area contributed by atoms with Crippen LogP contribution in [0.2, 0.25) is 0 Å². The van der Waals surface area contributed by atoms with E-state index in [1.165, 1.54) is 37.1 Å². The Bertz CT molecular complexity index is 255. The topological polar surface area (TPSA) is 24.1 Å². The van der Waals surface area contributed by atoms with Gasteiger partial charge in [0.1, 0.15) is 0 Å². The first-order chi connectivity index (χ1) is 7.45. The second-order valence-electron chi connectivity index (χ2n) is 4.16. The molecule has 3 heteroatoms. The molecule has 2 N–H and O–H groups in total. The average Bonchev–Trinajstić information content (AvgIpc) is 2.92. The van der Waals surface area contributed by atoms with Crippen LogP contribution in [0.3, 0.4) is 0 Å². The standard InChI is InChI=1S/C12H20N2S/c1-3-12(15-10-1)6-9-13-7-2-8-14-11-4-5-11/h1,3,10-11,13-14H,2,4-9H2. The van der Waals surface area contributed by atoms with Gasteiger partial charge in [0.25, 0.3) is 0 Å². The zero-order valence-corrected chi connectivity index (χ0v) is 9.98. The van der Waals surface area contributed by atoms with Crippen molar-refractivity contribution in [2.45, 2.75) is 31.7 Å². The summed E-state index contributed by atoms with van der Waals surface area (Å²) in [6.45, 7) is 3.44. The van der Waals surface area contributed by atoms with Crippen molar-refractivity contribution >= 4 is 11.3 Å². The molecular weight excluding hydrogens is 204 g/mol. The molecule has 0 spiro atoms. The molecule has 1 aromatic rings. The molecule has 15 heavy (non-hydrogen) atoms. The third-order valence-corrected chi connectivity index (χ3v) is 3.61. The normalized spacial score (nSPS) is 15.7. The maximum Gasteiger partial charge on any atom is 0.00682 e. The Kier molecular flexibility index (Phi) is 4.64. The maximum absolute atomic E-state index is 3.52. The Hall–Kier alpha value is -0.380. The summed E-state index contributed by atoms with van der Waals surface area (Å²) in [6, 6.07) is 5.19. The molecule has 84 valence electrons. The predicted octanol–water partition coefficient (Wildman–Crippen LogP) is 2.02. The fourth-order valence-electron chi connectivity index (χ4n) is 1.60. The molecule has 1 saturated carbocycles. The van der Waals surface area contributed by atoms with Crippen LogP contribution in [0.15, 0.2) is 17.5 Å². The molecule has 0 radical (unpaired) electrons. The number of hydrogen-bond acceptors (Lipinski definition) is 3. The quantitative estimate of drug-likeness (QED) is 0.660. The fraction of sp³-hybridized carbons (Fsp3) is 0.667. The van der Waals surface area contributed by atoms with E-state index in [0.717, 1.165) is 19.1 Å². The lowest BCUT2D eigenvalue weighted by Crippen LogP contribution is -2.24. The molecule has 0 saturated heterocycles. The van der Waals surface area contributed by atoms with Crippen molar-refractivity contribution in [2.75, 3.05) is 19.6 Å². The first-order valence-corrected chi connectivity index (χ1v) is 6.79. The summed E-state index contributed by atoms with van der Waals surface area (Å²) in [6.07, 6.45) is 5.21. The fourth-order valence-corrected chi connectivity index (χ4v) is 2.31. The lowest BCUT2D eigenvalue weighted by molar-refractivity contribution is 0.595. The van der Waals surface area contributed by atoms with Crippen LogP contribution in [0.25, 0.3) is 0 Å². The minimum atomic E-state index is 0.858. The van der Waals surface area contributed by atoms with Gasteiger partial charge in [0, 0.05) is 10.9 Å². The van der Waals surface area contributed by atoms with Crippen molar-refractivity contribution in [3.63, 3.8) is 0 Å². The first-order valence-electron chi connectivity index (χ1n) is 5.91. The molecule has 1 aromatic heterocycles. The molecule has 2 nitrogen and oxygen atoms in total. The molecule has 0 bridgehead atoms. The minimum absolute atomic E-state index is 0.858. The van der Waals surface area contributed by atoms with Crippen LogP contribution in [-0.2, 0) is 6.42 Å². The zero-order valence-electron chi connectivity index (χ0n) is 9.17. The van der Waals surface area contributed by atoms with Crippen molar-refractivity contribution in [3.8, 4) is 0 Å². The highest BCUT2D eigenvalue weighted by atomic mass is 32.1. The molecule has 1 aliphatic carbocycles. The molecular formula is C12H20N2S. The van der Waals surface area contributed by atoms with Crippen molar-refractivity contribution in [1.82, 2.24) is 10.6 Å².